The van der Waals surface area contributed by atoms with Gasteiger partial charge < -0.3 is 10.1 Å². The summed E-state index contributed by atoms with van der Waals surface area (Å²) in [5.41, 5.74) is 2.73. The highest BCUT2D eigenvalue weighted by Crippen LogP contribution is 2.29. The average molecular weight is 403 g/mol. The number of ether oxygens (including phenoxy) is 1. The van der Waals surface area contributed by atoms with Gasteiger partial charge in [0, 0.05) is 17.7 Å². The van der Waals surface area contributed by atoms with E-state index in [4.69, 9.17) is 4.74 Å². The first-order chi connectivity index (χ1) is 13.3. The normalized spacial score (nSPS) is 17.0. The van der Waals surface area contributed by atoms with Crippen molar-refractivity contribution in [1.29, 1.82) is 0 Å². The van der Waals surface area contributed by atoms with E-state index < -0.39 is 10.0 Å². The minimum Gasteiger partial charge on any atom is -0.496 e. The molecule has 1 aliphatic rings. The minimum absolute atomic E-state index is 0.147. The van der Waals surface area contributed by atoms with Crippen molar-refractivity contribution in [1.82, 2.24) is 5.32 Å². The second kappa shape index (κ2) is 8.22. The van der Waals surface area contributed by atoms with Crippen LogP contribution in [0.1, 0.15) is 47.3 Å². The topological polar surface area (TPSA) is 75.7 Å². The quantitative estimate of drug-likeness (QED) is 0.831. The fraction of sp³-hybridized carbons (Fsp3) is 0.381. The lowest BCUT2D eigenvalue weighted by atomic mass is 10.1. The van der Waals surface area contributed by atoms with E-state index in [2.05, 4.69) is 5.32 Å². The summed E-state index contributed by atoms with van der Waals surface area (Å²) in [4.78, 5) is 12.8. The number of nitrogens with one attached hydrogen (secondary N) is 1. The third-order valence-electron chi connectivity index (χ3n) is 5.04. The molecule has 6 nitrogen and oxygen atoms in total. The summed E-state index contributed by atoms with van der Waals surface area (Å²) < 4.78 is 31.7. The first kappa shape index (κ1) is 20.2. The highest BCUT2D eigenvalue weighted by molar-refractivity contribution is 7.92. The molecule has 1 saturated heterocycles. The van der Waals surface area contributed by atoms with Gasteiger partial charge in [0.1, 0.15) is 5.75 Å². The summed E-state index contributed by atoms with van der Waals surface area (Å²) in [6.45, 7) is 4.20. The Hall–Kier alpha value is -2.54. The van der Waals surface area contributed by atoms with Gasteiger partial charge in [0.15, 0.2) is 0 Å². The van der Waals surface area contributed by atoms with Crippen molar-refractivity contribution in [2.75, 3.05) is 23.7 Å². The van der Waals surface area contributed by atoms with Crippen LogP contribution in [0.3, 0.4) is 0 Å². The van der Waals surface area contributed by atoms with Crippen molar-refractivity contribution in [2.24, 2.45) is 0 Å². The molecule has 1 N–H and O–H groups in total. The molecular weight excluding hydrogens is 376 g/mol. The first-order valence-corrected chi connectivity index (χ1v) is 11.0. The highest BCUT2D eigenvalue weighted by atomic mass is 32.2. The lowest BCUT2D eigenvalue weighted by Gasteiger charge is -2.29. The van der Waals surface area contributed by atoms with E-state index in [1.54, 1.807) is 25.3 Å². The van der Waals surface area contributed by atoms with Gasteiger partial charge in [-0.15, -0.1) is 0 Å². The third kappa shape index (κ3) is 4.14. The Kier molecular flexibility index (Phi) is 5.93. The summed E-state index contributed by atoms with van der Waals surface area (Å²) in [6, 6.07) is 12.5. The lowest BCUT2D eigenvalue weighted by Crippen LogP contribution is -2.38. The van der Waals surface area contributed by atoms with Gasteiger partial charge in [-0.2, -0.15) is 0 Å². The Morgan fingerprint density at radius 2 is 1.93 bits per heavy atom. The number of benzene rings is 2. The molecule has 1 aliphatic heterocycles. The molecule has 2 aromatic carbocycles. The molecule has 1 amide bonds. The standard InChI is InChI=1S/C21H26N2O4S/c1-15-10-11-17(14-19(15)23-12-6-7-13-28(23,25)26)21(24)22-16(2)18-8-4-5-9-20(18)27-3/h4-5,8-11,14,16H,6-7,12-13H2,1-3H3,(H,22,24)/t16-/m1/s1. The number of hydrogen-bond donors (Lipinski definition) is 1. The molecule has 0 saturated carbocycles. The zero-order chi connectivity index (χ0) is 20.3. The zero-order valence-corrected chi connectivity index (χ0v) is 17.3. The summed E-state index contributed by atoms with van der Waals surface area (Å²) in [5.74, 6) is 0.599. The van der Waals surface area contributed by atoms with Gasteiger partial charge in [-0.3, -0.25) is 9.10 Å². The van der Waals surface area contributed by atoms with Crippen molar-refractivity contribution in [2.45, 2.75) is 32.7 Å². The number of anilines is 1. The molecule has 0 bridgehead atoms. The van der Waals surface area contributed by atoms with Crippen LogP contribution in [0.4, 0.5) is 5.69 Å². The molecule has 3 rings (SSSR count). The lowest BCUT2D eigenvalue weighted by molar-refractivity contribution is 0.0939. The van der Waals surface area contributed by atoms with Crippen molar-refractivity contribution < 1.29 is 17.9 Å². The molecule has 2 aromatic rings. The Morgan fingerprint density at radius 3 is 2.64 bits per heavy atom. The predicted octanol–water partition coefficient (Wildman–Crippen LogP) is 3.42. The molecule has 1 heterocycles. The number of carbonyl (C=O) groups is 1. The van der Waals surface area contributed by atoms with Crippen LogP contribution in [0.2, 0.25) is 0 Å². The van der Waals surface area contributed by atoms with Crippen molar-refractivity contribution in [3.8, 4) is 5.75 Å². The van der Waals surface area contributed by atoms with Gasteiger partial charge >= 0.3 is 0 Å². The number of para-hydroxylation sites is 1. The van der Waals surface area contributed by atoms with Crippen molar-refractivity contribution in [3.05, 3.63) is 59.2 Å². The van der Waals surface area contributed by atoms with E-state index in [1.165, 1.54) is 4.31 Å². The number of aryl methyl sites for hydroxylation is 1. The molecule has 0 spiro atoms. The summed E-state index contributed by atoms with van der Waals surface area (Å²) >= 11 is 0. The molecule has 150 valence electrons. The molecule has 0 aromatic heterocycles. The monoisotopic (exact) mass is 402 g/mol. The first-order valence-electron chi connectivity index (χ1n) is 9.38. The van der Waals surface area contributed by atoms with Crippen LogP contribution in [0.5, 0.6) is 5.75 Å². The Balaban J connectivity index is 1.85. The van der Waals surface area contributed by atoms with E-state index in [9.17, 15) is 13.2 Å². The fourth-order valence-corrected chi connectivity index (χ4v) is 5.15. The van der Waals surface area contributed by atoms with Crippen molar-refractivity contribution in [3.63, 3.8) is 0 Å². The second-order valence-corrected chi connectivity index (χ2v) is 9.05. The average Bonchev–Trinajstić information content (AvgIpc) is 2.68. The van der Waals surface area contributed by atoms with Gasteiger partial charge in [0.25, 0.3) is 5.91 Å². The van der Waals surface area contributed by atoms with Gasteiger partial charge in [0.05, 0.1) is 24.6 Å². The maximum Gasteiger partial charge on any atom is 0.251 e. The van der Waals surface area contributed by atoms with E-state index in [-0.39, 0.29) is 17.7 Å². The van der Waals surface area contributed by atoms with Crippen LogP contribution in [0.15, 0.2) is 42.5 Å². The Bertz CT molecular complexity index is 972. The number of sulfonamides is 1. The van der Waals surface area contributed by atoms with Gasteiger partial charge in [-0.05, 0) is 50.5 Å². The second-order valence-electron chi connectivity index (χ2n) is 7.03. The largest absolute Gasteiger partial charge is 0.496 e. The minimum atomic E-state index is -3.33. The van der Waals surface area contributed by atoms with Crippen LogP contribution < -0.4 is 14.4 Å². The van der Waals surface area contributed by atoms with Crippen LogP contribution >= 0.6 is 0 Å². The summed E-state index contributed by atoms with van der Waals surface area (Å²) in [6.07, 6.45) is 1.49. The number of methoxy groups -OCH3 is 1. The summed E-state index contributed by atoms with van der Waals surface area (Å²) in [7, 11) is -1.74. The van der Waals surface area contributed by atoms with E-state index in [0.29, 0.717) is 30.0 Å². The van der Waals surface area contributed by atoms with E-state index in [1.807, 2.05) is 38.1 Å². The molecule has 7 heteroatoms. The molecule has 1 atom stereocenters. The smallest absolute Gasteiger partial charge is 0.251 e. The molecular formula is C21H26N2O4S. The maximum absolute atomic E-state index is 12.8. The van der Waals surface area contributed by atoms with E-state index >= 15 is 0 Å². The summed E-state index contributed by atoms with van der Waals surface area (Å²) in [5, 5.41) is 2.97. The number of carbonyl (C=O) groups excluding carboxylic acids is 1. The molecule has 1 fully saturated rings. The number of rotatable bonds is 5. The van der Waals surface area contributed by atoms with Crippen LogP contribution in [0.25, 0.3) is 0 Å². The SMILES string of the molecule is COc1ccccc1[C@@H](C)NC(=O)c1ccc(C)c(N2CCCCS2(=O)=O)c1. The third-order valence-corrected chi connectivity index (χ3v) is 6.90. The zero-order valence-electron chi connectivity index (χ0n) is 16.4. The molecule has 28 heavy (non-hydrogen) atoms. The van der Waals surface area contributed by atoms with E-state index in [0.717, 1.165) is 17.5 Å². The fourth-order valence-electron chi connectivity index (χ4n) is 3.46. The number of nitrogens with zero attached hydrogens (tertiary/aromatic N) is 1. The number of hydrogen-bond acceptors (Lipinski definition) is 4. The van der Waals surface area contributed by atoms with Gasteiger partial charge in [-0.25, -0.2) is 8.42 Å². The predicted molar refractivity (Wildman–Crippen MR) is 110 cm³/mol. The van der Waals surface area contributed by atoms with Crippen LogP contribution in [-0.2, 0) is 10.0 Å². The number of amides is 1. The molecule has 0 aliphatic carbocycles. The Labute approximate surface area is 166 Å². The molecule has 0 radical (unpaired) electrons. The van der Waals surface area contributed by atoms with Crippen LogP contribution in [0, 0.1) is 6.92 Å². The Morgan fingerprint density at radius 1 is 1.18 bits per heavy atom. The van der Waals surface area contributed by atoms with Gasteiger partial charge in [0.2, 0.25) is 10.0 Å². The van der Waals surface area contributed by atoms with Crippen LogP contribution in [-0.4, -0.2) is 33.7 Å². The van der Waals surface area contributed by atoms with Crippen molar-refractivity contribution >= 4 is 21.6 Å². The van der Waals surface area contributed by atoms with Gasteiger partial charge in [-0.1, -0.05) is 24.3 Å². The maximum atomic E-state index is 12.8. The molecule has 0 unspecified atom stereocenters. The highest BCUT2D eigenvalue weighted by Gasteiger charge is 2.27.